The predicted octanol–water partition coefficient (Wildman–Crippen LogP) is 2.93. The number of aromatic nitrogens is 2. The summed E-state index contributed by atoms with van der Waals surface area (Å²) in [6, 6.07) is 7.21. The Hall–Kier alpha value is -1.93. The third kappa shape index (κ3) is 3.61. The number of carbonyl (C=O) groups excluding carboxylic acids is 1. The van der Waals surface area contributed by atoms with Gasteiger partial charge in [0, 0.05) is 11.7 Å². The van der Waals surface area contributed by atoms with Crippen LogP contribution >= 0.6 is 23.5 Å². The van der Waals surface area contributed by atoms with Crippen LogP contribution in [0.2, 0.25) is 0 Å². The van der Waals surface area contributed by atoms with E-state index in [-0.39, 0.29) is 11.5 Å². The van der Waals surface area contributed by atoms with E-state index in [1.807, 2.05) is 12.1 Å². The van der Waals surface area contributed by atoms with Crippen LogP contribution < -0.4 is 10.3 Å². The molecule has 2 heterocycles. The minimum absolute atomic E-state index is 0.103. The molecule has 1 aliphatic rings. The number of thioether (sulfide) groups is 2. The maximum Gasteiger partial charge on any atom is 0.318 e. The summed E-state index contributed by atoms with van der Waals surface area (Å²) in [5.41, 5.74) is 1.39. The third-order valence-corrected chi connectivity index (χ3v) is 6.27. The van der Waals surface area contributed by atoms with E-state index >= 15 is 0 Å². The van der Waals surface area contributed by atoms with Crippen molar-refractivity contribution >= 4 is 29.5 Å². The highest BCUT2D eigenvalue weighted by molar-refractivity contribution is 8.00. The van der Waals surface area contributed by atoms with Gasteiger partial charge >= 0.3 is 5.97 Å². The summed E-state index contributed by atoms with van der Waals surface area (Å²) in [7, 11) is 2.94. The zero-order chi connectivity index (χ0) is 18.8. The summed E-state index contributed by atoms with van der Waals surface area (Å²) in [4.78, 5) is 30.4. The molecule has 0 spiro atoms. The predicted molar refractivity (Wildman–Crippen MR) is 103 cm³/mol. The van der Waals surface area contributed by atoms with Crippen molar-refractivity contribution in [3.05, 3.63) is 40.3 Å². The number of rotatable bonds is 5. The molecule has 0 amide bonds. The third-order valence-electron chi connectivity index (χ3n) is 4.03. The first-order valence-corrected chi connectivity index (χ1v) is 9.92. The average molecular weight is 393 g/mol. The minimum atomic E-state index is -0.471. The number of ether oxygens (including phenoxy) is 2. The summed E-state index contributed by atoms with van der Waals surface area (Å²) >= 11 is 2.78. The number of methoxy groups -OCH3 is 2. The largest absolute Gasteiger partial charge is 0.497 e. The molecule has 138 valence electrons. The first-order valence-electron chi connectivity index (χ1n) is 8.16. The van der Waals surface area contributed by atoms with Gasteiger partial charge in [0.2, 0.25) is 0 Å². The van der Waals surface area contributed by atoms with E-state index in [1.54, 1.807) is 42.5 Å². The van der Waals surface area contributed by atoms with Crippen LogP contribution in [0, 0.1) is 0 Å². The SMILES string of the molecule is COC(=O)[C@H](C)Sc1nc2c(c(=O)n1-c1ccc(OC)cc1)S[C@H](C)C2. The van der Waals surface area contributed by atoms with Crippen molar-refractivity contribution in [3.63, 3.8) is 0 Å². The minimum Gasteiger partial charge on any atom is -0.497 e. The van der Waals surface area contributed by atoms with Gasteiger partial charge in [-0.3, -0.25) is 14.2 Å². The number of carbonyl (C=O) groups is 1. The summed E-state index contributed by atoms with van der Waals surface area (Å²) in [5.74, 6) is 0.352. The monoisotopic (exact) mass is 392 g/mol. The van der Waals surface area contributed by atoms with Gasteiger partial charge in [-0.2, -0.15) is 0 Å². The van der Waals surface area contributed by atoms with Crippen molar-refractivity contribution in [2.24, 2.45) is 0 Å². The van der Waals surface area contributed by atoms with Gasteiger partial charge < -0.3 is 9.47 Å². The van der Waals surface area contributed by atoms with Crippen molar-refractivity contribution in [2.75, 3.05) is 14.2 Å². The number of nitrogens with zero attached hydrogens (tertiary/aromatic N) is 2. The second-order valence-corrected chi connectivity index (χ2v) is 8.68. The van der Waals surface area contributed by atoms with E-state index in [9.17, 15) is 9.59 Å². The van der Waals surface area contributed by atoms with Crippen LogP contribution in [-0.4, -0.2) is 40.2 Å². The van der Waals surface area contributed by atoms with E-state index < -0.39 is 5.25 Å². The standard InChI is InChI=1S/C18H20N2O4S2/c1-10-9-14-15(25-10)16(21)20(12-5-7-13(23-3)8-6-12)18(19-14)26-11(2)17(22)24-4/h5-8,10-11H,9H2,1-4H3/t10-,11+/m1/s1. The van der Waals surface area contributed by atoms with Gasteiger partial charge in [0.25, 0.3) is 5.56 Å². The average Bonchev–Trinajstić information content (AvgIpc) is 3.02. The first-order chi connectivity index (χ1) is 12.4. The Morgan fingerprint density at radius 2 is 2.04 bits per heavy atom. The van der Waals surface area contributed by atoms with Crippen LogP contribution in [0.4, 0.5) is 0 Å². The molecule has 26 heavy (non-hydrogen) atoms. The van der Waals surface area contributed by atoms with Gasteiger partial charge in [-0.15, -0.1) is 11.8 Å². The van der Waals surface area contributed by atoms with Crippen molar-refractivity contribution in [1.29, 1.82) is 0 Å². The lowest BCUT2D eigenvalue weighted by molar-refractivity contribution is -0.139. The summed E-state index contributed by atoms with van der Waals surface area (Å²) in [6.07, 6.45) is 0.749. The molecule has 3 rings (SSSR count). The normalized spacial score (nSPS) is 16.8. The molecule has 0 unspecified atom stereocenters. The lowest BCUT2D eigenvalue weighted by atomic mass is 10.2. The second kappa shape index (κ2) is 7.75. The lowest BCUT2D eigenvalue weighted by Crippen LogP contribution is -2.25. The molecule has 0 saturated heterocycles. The quantitative estimate of drug-likeness (QED) is 0.440. The van der Waals surface area contributed by atoms with Gasteiger partial charge in [-0.25, -0.2) is 4.98 Å². The van der Waals surface area contributed by atoms with Crippen LogP contribution in [0.1, 0.15) is 19.5 Å². The zero-order valence-electron chi connectivity index (χ0n) is 15.0. The van der Waals surface area contributed by atoms with Crippen LogP contribution in [0.3, 0.4) is 0 Å². The van der Waals surface area contributed by atoms with E-state index in [2.05, 4.69) is 6.92 Å². The maximum absolute atomic E-state index is 13.1. The molecule has 8 heteroatoms. The fraction of sp³-hybridized carbons (Fsp3) is 0.389. The smallest absolute Gasteiger partial charge is 0.318 e. The maximum atomic E-state index is 13.1. The van der Waals surface area contributed by atoms with Crippen LogP contribution in [0.5, 0.6) is 5.75 Å². The highest BCUT2D eigenvalue weighted by Gasteiger charge is 2.28. The van der Waals surface area contributed by atoms with Crippen molar-refractivity contribution in [1.82, 2.24) is 9.55 Å². The number of hydrogen-bond donors (Lipinski definition) is 0. The molecule has 1 aromatic heterocycles. The summed E-state index contributed by atoms with van der Waals surface area (Å²) in [5, 5.41) is 0.334. The molecule has 0 bridgehead atoms. The molecule has 0 fully saturated rings. The van der Waals surface area contributed by atoms with Gasteiger partial charge in [0.1, 0.15) is 11.0 Å². The van der Waals surface area contributed by atoms with Gasteiger partial charge in [0.15, 0.2) is 5.16 Å². The van der Waals surface area contributed by atoms with Crippen molar-refractivity contribution in [2.45, 2.75) is 40.8 Å². The Labute approximate surface area is 160 Å². The van der Waals surface area contributed by atoms with Crippen LogP contribution in [0.25, 0.3) is 5.69 Å². The molecule has 6 nitrogen and oxygen atoms in total. The molecule has 1 aliphatic heterocycles. The number of benzene rings is 1. The molecule has 1 aromatic carbocycles. The van der Waals surface area contributed by atoms with Crippen molar-refractivity contribution in [3.8, 4) is 11.4 Å². The fourth-order valence-electron chi connectivity index (χ4n) is 2.71. The second-order valence-electron chi connectivity index (χ2n) is 5.92. The highest BCUT2D eigenvalue weighted by Crippen LogP contribution is 2.35. The van der Waals surface area contributed by atoms with Crippen molar-refractivity contribution < 1.29 is 14.3 Å². The molecule has 2 atom stereocenters. The summed E-state index contributed by atoms with van der Waals surface area (Å²) < 4.78 is 11.6. The fourth-order valence-corrected chi connectivity index (χ4v) is 4.78. The Morgan fingerprint density at radius 1 is 1.35 bits per heavy atom. The number of fused-ring (bicyclic) bond motifs is 1. The van der Waals surface area contributed by atoms with E-state index in [1.165, 1.54) is 18.9 Å². The summed E-state index contributed by atoms with van der Waals surface area (Å²) in [6.45, 7) is 3.82. The molecule has 2 aromatic rings. The molecule has 0 saturated carbocycles. The van der Waals surface area contributed by atoms with E-state index in [0.29, 0.717) is 26.7 Å². The Kier molecular flexibility index (Phi) is 5.62. The van der Waals surface area contributed by atoms with Crippen LogP contribution in [-0.2, 0) is 16.0 Å². The van der Waals surface area contributed by atoms with Gasteiger partial charge in [-0.1, -0.05) is 18.7 Å². The number of hydrogen-bond acceptors (Lipinski definition) is 7. The molecule has 0 radical (unpaired) electrons. The van der Waals surface area contributed by atoms with E-state index in [4.69, 9.17) is 14.5 Å². The van der Waals surface area contributed by atoms with Crippen LogP contribution in [0.15, 0.2) is 39.1 Å². The molecule has 0 N–H and O–H groups in total. The highest BCUT2D eigenvalue weighted by atomic mass is 32.2. The molecular formula is C18H20N2O4S2. The Balaban J connectivity index is 2.12. The van der Waals surface area contributed by atoms with E-state index in [0.717, 1.165) is 12.1 Å². The molecule has 0 aliphatic carbocycles. The molecular weight excluding hydrogens is 372 g/mol. The zero-order valence-corrected chi connectivity index (χ0v) is 16.6. The van der Waals surface area contributed by atoms with Gasteiger partial charge in [-0.05, 0) is 31.2 Å². The topological polar surface area (TPSA) is 70.4 Å². The first kappa shape index (κ1) is 18.8. The van der Waals surface area contributed by atoms with Gasteiger partial charge in [0.05, 0.1) is 30.5 Å². The Morgan fingerprint density at radius 3 is 2.65 bits per heavy atom. The number of esters is 1. The lowest BCUT2D eigenvalue weighted by Gasteiger charge is -2.16. The Bertz CT molecular complexity index is 880.